The van der Waals surface area contributed by atoms with Gasteiger partial charge >= 0.3 is 0 Å². The van der Waals surface area contributed by atoms with E-state index in [4.69, 9.17) is 0 Å². The summed E-state index contributed by atoms with van der Waals surface area (Å²) in [7, 11) is 0. The van der Waals surface area contributed by atoms with E-state index in [9.17, 15) is 0 Å². The van der Waals surface area contributed by atoms with E-state index in [1.165, 1.54) is 79.3 Å². The summed E-state index contributed by atoms with van der Waals surface area (Å²) in [5.74, 6) is 0. The fourth-order valence-corrected chi connectivity index (χ4v) is 8.94. The van der Waals surface area contributed by atoms with Crippen LogP contribution in [0.2, 0.25) is 0 Å². The number of thiophene rings is 2. The first kappa shape index (κ1) is 24.6. The Kier molecular flexibility index (Phi) is 5.62. The first-order valence-electron chi connectivity index (χ1n) is 14.5. The van der Waals surface area contributed by atoms with Gasteiger partial charge < -0.3 is 4.90 Å². The van der Waals surface area contributed by atoms with Crippen LogP contribution >= 0.6 is 22.7 Å². The van der Waals surface area contributed by atoms with Gasteiger partial charge in [0.05, 0.1) is 21.8 Å². The van der Waals surface area contributed by atoms with Crippen LogP contribution in [0.1, 0.15) is 0 Å². The first-order valence-corrected chi connectivity index (χ1v) is 16.2. The highest BCUT2D eigenvalue weighted by Crippen LogP contribution is 2.51. The summed E-state index contributed by atoms with van der Waals surface area (Å²) < 4.78 is 5.22. The Morgan fingerprint density at radius 2 is 0.977 bits per heavy atom. The van der Waals surface area contributed by atoms with Gasteiger partial charge in [-0.15, -0.1) is 22.7 Å². The maximum Gasteiger partial charge on any atom is 0.0641 e. The minimum Gasteiger partial charge on any atom is -0.308 e. The molecule has 0 atom stereocenters. The Hall–Kier alpha value is -4.96. The van der Waals surface area contributed by atoms with E-state index in [0.717, 1.165) is 0 Å². The van der Waals surface area contributed by atoms with Crippen molar-refractivity contribution in [2.24, 2.45) is 0 Å². The highest BCUT2D eigenvalue weighted by atomic mass is 32.1. The third-order valence-corrected chi connectivity index (χ3v) is 10.8. The zero-order valence-corrected chi connectivity index (χ0v) is 24.8. The number of hydrogen-bond acceptors (Lipinski definition) is 3. The molecule has 0 aliphatic carbocycles. The molecular formula is C40H25NS2. The number of anilines is 3. The van der Waals surface area contributed by atoms with Gasteiger partial charge in [0.1, 0.15) is 0 Å². The molecule has 43 heavy (non-hydrogen) atoms. The normalized spacial score (nSPS) is 11.7. The molecule has 0 spiro atoms. The summed E-state index contributed by atoms with van der Waals surface area (Å²) in [5.41, 5.74) is 6.11. The van der Waals surface area contributed by atoms with E-state index in [1.807, 2.05) is 22.7 Å². The summed E-state index contributed by atoms with van der Waals surface area (Å²) in [6.45, 7) is 0. The van der Waals surface area contributed by atoms with Crippen LogP contribution < -0.4 is 4.90 Å². The first-order chi connectivity index (χ1) is 21.3. The fourth-order valence-electron chi connectivity index (χ4n) is 6.58. The van der Waals surface area contributed by atoms with Gasteiger partial charge in [0.25, 0.3) is 0 Å². The molecule has 0 radical (unpaired) electrons. The largest absolute Gasteiger partial charge is 0.308 e. The summed E-state index contributed by atoms with van der Waals surface area (Å²) in [6, 6.07) is 55.3. The van der Waals surface area contributed by atoms with E-state index < -0.39 is 0 Å². The minimum absolute atomic E-state index is 1.19. The van der Waals surface area contributed by atoms with Crippen molar-refractivity contribution in [1.29, 1.82) is 0 Å². The molecule has 0 saturated carbocycles. The average molecular weight is 584 g/mol. The standard InChI is InChI=1S/C40H25NS2/c1-2-12-27(13-3-1)29-24-25-34(40-38(29)30-17-6-9-22-36(30)43-40)41(32-19-10-15-26-14-4-5-16-28(26)32)33-20-11-23-37-39(33)31-18-7-8-21-35(31)42-37/h1-25H. The zero-order valence-electron chi connectivity index (χ0n) is 23.2. The second-order valence-electron chi connectivity index (χ2n) is 10.9. The van der Waals surface area contributed by atoms with Crippen molar-refractivity contribution in [3.05, 3.63) is 152 Å². The van der Waals surface area contributed by atoms with Crippen LogP contribution in [0.25, 0.3) is 62.2 Å². The average Bonchev–Trinajstić information content (AvgIpc) is 3.65. The molecule has 1 nitrogen and oxygen atoms in total. The van der Waals surface area contributed by atoms with E-state index in [2.05, 4.69) is 157 Å². The van der Waals surface area contributed by atoms with Gasteiger partial charge in [-0.2, -0.15) is 0 Å². The molecule has 0 saturated heterocycles. The van der Waals surface area contributed by atoms with Gasteiger partial charge in [0.2, 0.25) is 0 Å². The molecule has 202 valence electrons. The molecule has 0 unspecified atom stereocenters. The summed E-state index contributed by atoms with van der Waals surface area (Å²) in [4.78, 5) is 2.52. The monoisotopic (exact) mass is 583 g/mol. The minimum atomic E-state index is 1.19. The Balaban J connectivity index is 1.44. The van der Waals surface area contributed by atoms with Crippen LogP contribution in [0.4, 0.5) is 17.1 Å². The number of fused-ring (bicyclic) bond motifs is 7. The van der Waals surface area contributed by atoms with E-state index in [-0.39, 0.29) is 0 Å². The maximum absolute atomic E-state index is 2.52. The van der Waals surface area contributed by atoms with Crippen molar-refractivity contribution in [1.82, 2.24) is 0 Å². The molecule has 0 aliphatic heterocycles. The van der Waals surface area contributed by atoms with Crippen molar-refractivity contribution in [2.45, 2.75) is 0 Å². The van der Waals surface area contributed by atoms with Crippen molar-refractivity contribution in [3.63, 3.8) is 0 Å². The molecule has 3 heteroatoms. The van der Waals surface area contributed by atoms with Gasteiger partial charge in [0.15, 0.2) is 0 Å². The smallest absolute Gasteiger partial charge is 0.0641 e. The lowest BCUT2D eigenvalue weighted by Crippen LogP contribution is -2.11. The zero-order chi connectivity index (χ0) is 28.3. The van der Waals surface area contributed by atoms with Crippen LogP contribution in [0.15, 0.2) is 152 Å². The summed E-state index contributed by atoms with van der Waals surface area (Å²) in [6.07, 6.45) is 0. The maximum atomic E-state index is 2.52. The van der Waals surface area contributed by atoms with Crippen LogP contribution in [0.3, 0.4) is 0 Å². The molecule has 2 heterocycles. The lowest BCUT2D eigenvalue weighted by molar-refractivity contribution is 1.34. The molecule has 0 fully saturated rings. The summed E-state index contributed by atoms with van der Waals surface area (Å²) >= 11 is 3.76. The quantitative estimate of drug-likeness (QED) is 0.199. The van der Waals surface area contributed by atoms with Crippen LogP contribution in [-0.2, 0) is 0 Å². The number of benzene rings is 7. The van der Waals surface area contributed by atoms with Crippen LogP contribution in [-0.4, -0.2) is 0 Å². The predicted octanol–water partition coefficient (Wildman–Crippen LogP) is 12.7. The van der Waals surface area contributed by atoms with Gasteiger partial charge in [-0.25, -0.2) is 0 Å². The van der Waals surface area contributed by atoms with Gasteiger partial charge in [-0.05, 0) is 52.9 Å². The second kappa shape index (κ2) is 9.81. The lowest BCUT2D eigenvalue weighted by Gasteiger charge is -2.28. The fraction of sp³-hybridized carbons (Fsp3) is 0. The van der Waals surface area contributed by atoms with Gasteiger partial charge in [0, 0.05) is 41.0 Å². The molecule has 0 aliphatic rings. The Morgan fingerprint density at radius 1 is 0.372 bits per heavy atom. The summed E-state index contributed by atoms with van der Waals surface area (Å²) in [5, 5.41) is 7.70. The SMILES string of the molecule is c1ccc(-c2ccc(N(c3cccc4ccccc34)c3cccc4sc5ccccc5c34)c3sc4ccccc4c23)cc1. The van der Waals surface area contributed by atoms with E-state index >= 15 is 0 Å². The third kappa shape index (κ3) is 3.82. The molecule has 0 bridgehead atoms. The molecule has 9 aromatic rings. The number of hydrogen-bond donors (Lipinski definition) is 0. The molecule has 0 amide bonds. The topological polar surface area (TPSA) is 3.24 Å². The lowest BCUT2D eigenvalue weighted by atomic mass is 9.97. The van der Waals surface area contributed by atoms with Crippen molar-refractivity contribution in [3.8, 4) is 11.1 Å². The molecular weight excluding hydrogens is 559 g/mol. The van der Waals surface area contributed by atoms with Crippen molar-refractivity contribution in [2.75, 3.05) is 4.90 Å². The number of rotatable bonds is 4. The van der Waals surface area contributed by atoms with E-state index in [1.54, 1.807) is 0 Å². The Morgan fingerprint density at radius 3 is 1.81 bits per heavy atom. The number of nitrogens with zero attached hydrogens (tertiary/aromatic N) is 1. The second-order valence-corrected chi connectivity index (χ2v) is 13.0. The molecule has 2 aromatic heterocycles. The van der Waals surface area contributed by atoms with Gasteiger partial charge in [-0.3, -0.25) is 0 Å². The molecule has 0 N–H and O–H groups in total. The van der Waals surface area contributed by atoms with Crippen molar-refractivity contribution < 1.29 is 0 Å². The van der Waals surface area contributed by atoms with Crippen LogP contribution in [0, 0.1) is 0 Å². The van der Waals surface area contributed by atoms with Gasteiger partial charge in [-0.1, -0.05) is 115 Å². The van der Waals surface area contributed by atoms with E-state index in [0.29, 0.717) is 0 Å². The molecule has 7 aromatic carbocycles. The third-order valence-electron chi connectivity index (χ3n) is 8.46. The highest BCUT2D eigenvalue weighted by Gasteiger charge is 2.24. The predicted molar refractivity (Wildman–Crippen MR) is 190 cm³/mol. The highest BCUT2D eigenvalue weighted by molar-refractivity contribution is 7.26. The van der Waals surface area contributed by atoms with Crippen LogP contribution in [0.5, 0.6) is 0 Å². The Bertz CT molecular complexity index is 2460. The van der Waals surface area contributed by atoms with Crippen molar-refractivity contribution >= 4 is 90.9 Å². The molecule has 9 rings (SSSR count). The Labute approximate surface area is 257 Å².